The van der Waals surface area contributed by atoms with Crippen LogP contribution in [-0.2, 0) is 0 Å². The average Bonchev–Trinajstić information content (AvgIpc) is 2.28. The van der Waals surface area contributed by atoms with Crippen LogP contribution in [0.2, 0.25) is 0 Å². The van der Waals surface area contributed by atoms with Crippen molar-refractivity contribution in [3.05, 3.63) is 18.1 Å². The van der Waals surface area contributed by atoms with Crippen LogP contribution in [0.5, 0.6) is 0 Å². The third-order valence-electron chi connectivity index (χ3n) is 2.20. The molecule has 3 N–H and O–H groups in total. The van der Waals surface area contributed by atoms with Gasteiger partial charge >= 0.3 is 0 Å². The van der Waals surface area contributed by atoms with Crippen molar-refractivity contribution in [2.45, 2.75) is 6.92 Å². The first kappa shape index (κ1) is 12.4. The lowest BCUT2D eigenvalue weighted by molar-refractivity contribution is 0.0945. The van der Waals surface area contributed by atoms with Gasteiger partial charge < -0.3 is 16.0 Å². The van der Waals surface area contributed by atoms with Crippen molar-refractivity contribution in [2.24, 2.45) is 0 Å². The second-order valence-electron chi connectivity index (χ2n) is 3.48. The maximum absolute atomic E-state index is 11.6. The molecule has 0 bridgehead atoms. The average molecular weight is 223 g/mol. The fourth-order valence-corrected chi connectivity index (χ4v) is 1.10. The minimum absolute atomic E-state index is 0.246. The molecule has 1 rings (SSSR count). The summed E-state index contributed by atoms with van der Waals surface area (Å²) in [7, 11) is 1.99. The molecule has 0 fully saturated rings. The number of hydrogen-bond donors (Lipinski definition) is 2. The summed E-state index contributed by atoms with van der Waals surface area (Å²) in [4.78, 5) is 21.4. The number of amides is 1. The second-order valence-corrected chi connectivity index (χ2v) is 3.48. The molecule has 1 amide bonds. The van der Waals surface area contributed by atoms with Gasteiger partial charge in [0.1, 0.15) is 11.5 Å². The van der Waals surface area contributed by atoms with Crippen LogP contribution in [-0.4, -0.2) is 47.5 Å². The maximum atomic E-state index is 11.6. The Kier molecular flexibility index (Phi) is 4.65. The molecule has 1 aromatic rings. The molecule has 0 spiro atoms. The van der Waals surface area contributed by atoms with E-state index in [1.807, 2.05) is 7.05 Å². The molecule has 88 valence electrons. The van der Waals surface area contributed by atoms with E-state index in [-0.39, 0.29) is 17.4 Å². The minimum Gasteiger partial charge on any atom is -0.382 e. The molecule has 0 aliphatic heterocycles. The van der Waals surface area contributed by atoms with Crippen LogP contribution in [0.1, 0.15) is 17.4 Å². The monoisotopic (exact) mass is 223 g/mol. The largest absolute Gasteiger partial charge is 0.382 e. The van der Waals surface area contributed by atoms with Gasteiger partial charge in [-0.3, -0.25) is 9.78 Å². The number of nitrogen functional groups attached to an aromatic ring is 1. The topological polar surface area (TPSA) is 84.1 Å². The molecule has 0 saturated carbocycles. The van der Waals surface area contributed by atoms with Gasteiger partial charge in [0.05, 0.1) is 12.4 Å². The zero-order valence-corrected chi connectivity index (χ0v) is 9.60. The van der Waals surface area contributed by atoms with E-state index >= 15 is 0 Å². The van der Waals surface area contributed by atoms with E-state index < -0.39 is 0 Å². The first-order valence-electron chi connectivity index (χ1n) is 5.17. The Morgan fingerprint density at radius 3 is 2.94 bits per heavy atom. The third kappa shape index (κ3) is 3.82. The van der Waals surface area contributed by atoms with Gasteiger partial charge in [-0.15, -0.1) is 0 Å². The normalized spacial score (nSPS) is 10.4. The van der Waals surface area contributed by atoms with Crippen molar-refractivity contribution in [1.82, 2.24) is 20.2 Å². The van der Waals surface area contributed by atoms with Crippen LogP contribution in [0.3, 0.4) is 0 Å². The number of nitrogens with zero attached hydrogens (tertiary/aromatic N) is 3. The molecule has 1 aromatic heterocycles. The summed E-state index contributed by atoms with van der Waals surface area (Å²) in [6.07, 6.45) is 2.80. The molecule has 6 nitrogen and oxygen atoms in total. The number of nitrogens with two attached hydrogens (primary N) is 1. The van der Waals surface area contributed by atoms with Crippen LogP contribution in [0.15, 0.2) is 12.4 Å². The standard InChI is InChI=1S/C10H17N5O/c1-3-15(2)5-4-13-10(16)8-6-12-7-9(11)14-8/h6-7H,3-5H2,1-2H3,(H2,11,14)(H,13,16). The number of aromatic nitrogens is 2. The summed E-state index contributed by atoms with van der Waals surface area (Å²) < 4.78 is 0. The fourth-order valence-electron chi connectivity index (χ4n) is 1.10. The molecule has 0 saturated heterocycles. The van der Waals surface area contributed by atoms with Crippen molar-refractivity contribution in [3.63, 3.8) is 0 Å². The van der Waals surface area contributed by atoms with Crippen molar-refractivity contribution in [2.75, 3.05) is 32.4 Å². The van der Waals surface area contributed by atoms with E-state index in [1.165, 1.54) is 12.4 Å². The highest BCUT2D eigenvalue weighted by atomic mass is 16.1. The summed E-state index contributed by atoms with van der Waals surface area (Å²) in [5.74, 6) is 0.00243. The van der Waals surface area contributed by atoms with Gasteiger partial charge in [0, 0.05) is 13.1 Å². The lowest BCUT2D eigenvalue weighted by atomic mass is 10.4. The van der Waals surface area contributed by atoms with E-state index in [9.17, 15) is 4.79 Å². The SMILES string of the molecule is CCN(C)CCNC(=O)c1cncc(N)n1. The second kappa shape index (κ2) is 6.02. The molecule has 0 aliphatic carbocycles. The van der Waals surface area contributed by atoms with E-state index in [0.717, 1.165) is 13.1 Å². The van der Waals surface area contributed by atoms with Gasteiger partial charge in [-0.1, -0.05) is 6.92 Å². The number of anilines is 1. The van der Waals surface area contributed by atoms with Gasteiger partial charge in [0.25, 0.3) is 5.91 Å². The van der Waals surface area contributed by atoms with Gasteiger partial charge in [0.2, 0.25) is 0 Å². The van der Waals surface area contributed by atoms with Gasteiger partial charge in [0.15, 0.2) is 0 Å². The Labute approximate surface area is 94.9 Å². The zero-order valence-electron chi connectivity index (χ0n) is 9.60. The Morgan fingerprint density at radius 1 is 1.56 bits per heavy atom. The smallest absolute Gasteiger partial charge is 0.271 e. The maximum Gasteiger partial charge on any atom is 0.271 e. The predicted octanol–water partition coefficient (Wildman–Crippen LogP) is -0.260. The number of rotatable bonds is 5. The lowest BCUT2D eigenvalue weighted by Gasteiger charge is -2.13. The molecular weight excluding hydrogens is 206 g/mol. The van der Waals surface area contributed by atoms with Crippen LogP contribution in [0, 0.1) is 0 Å². The fraction of sp³-hybridized carbons (Fsp3) is 0.500. The number of hydrogen-bond acceptors (Lipinski definition) is 5. The minimum atomic E-state index is -0.246. The summed E-state index contributed by atoms with van der Waals surface area (Å²) >= 11 is 0. The molecule has 0 radical (unpaired) electrons. The van der Waals surface area contributed by atoms with Crippen LogP contribution in [0.4, 0.5) is 5.82 Å². The molecule has 0 aromatic carbocycles. The zero-order chi connectivity index (χ0) is 12.0. The third-order valence-corrected chi connectivity index (χ3v) is 2.20. The van der Waals surface area contributed by atoms with Crippen molar-refractivity contribution in [3.8, 4) is 0 Å². The number of carbonyl (C=O) groups is 1. The number of carbonyl (C=O) groups excluding carboxylic acids is 1. The van der Waals surface area contributed by atoms with Crippen LogP contribution >= 0.6 is 0 Å². The summed E-state index contributed by atoms with van der Waals surface area (Å²) in [5.41, 5.74) is 5.68. The Morgan fingerprint density at radius 2 is 2.31 bits per heavy atom. The summed E-state index contributed by atoms with van der Waals surface area (Å²) in [5, 5.41) is 2.75. The Hall–Kier alpha value is -1.69. The highest BCUT2D eigenvalue weighted by Gasteiger charge is 2.07. The molecule has 6 heteroatoms. The highest BCUT2D eigenvalue weighted by Crippen LogP contribution is 1.96. The molecular formula is C10H17N5O. The van der Waals surface area contributed by atoms with E-state index in [0.29, 0.717) is 6.54 Å². The van der Waals surface area contributed by atoms with Gasteiger partial charge in [-0.2, -0.15) is 0 Å². The van der Waals surface area contributed by atoms with Crippen molar-refractivity contribution in [1.29, 1.82) is 0 Å². The van der Waals surface area contributed by atoms with Crippen LogP contribution < -0.4 is 11.1 Å². The van der Waals surface area contributed by atoms with Gasteiger partial charge in [-0.05, 0) is 13.6 Å². The molecule has 0 atom stereocenters. The molecule has 0 unspecified atom stereocenters. The van der Waals surface area contributed by atoms with E-state index in [4.69, 9.17) is 5.73 Å². The van der Waals surface area contributed by atoms with Gasteiger partial charge in [-0.25, -0.2) is 4.98 Å². The van der Waals surface area contributed by atoms with Crippen molar-refractivity contribution < 1.29 is 4.79 Å². The number of likely N-dealkylation sites (N-methyl/N-ethyl adjacent to an activating group) is 1. The Bertz CT molecular complexity index is 355. The molecule has 16 heavy (non-hydrogen) atoms. The highest BCUT2D eigenvalue weighted by molar-refractivity contribution is 5.92. The molecule has 0 aliphatic rings. The van der Waals surface area contributed by atoms with E-state index in [2.05, 4.69) is 27.1 Å². The lowest BCUT2D eigenvalue weighted by Crippen LogP contribution is -2.33. The predicted molar refractivity (Wildman–Crippen MR) is 61.9 cm³/mol. The van der Waals surface area contributed by atoms with Crippen molar-refractivity contribution >= 4 is 11.7 Å². The summed E-state index contributed by atoms with van der Waals surface area (Å²) in [6.45, 7) is 4.40. The quantitative estimate of drug-likeness (QED) is 0.718. The van der Waals surface area contributed by atoms with Crippen LogP contribution in [0.25, 0.3) is 0 Å². The first-order valence-corrected chi connectivity index (χ1v) is 5.17. The first-order chi connectivity index (χ1) is 7.63. The Balaban J connectivity index is 2.41. The number of nitrogens with one attached hydrogen (secondary N) is 1. The molecule has 1 heterocycles. The van der Waals surface area contributed by atoms with E-state index in [1.54, 1.807) is 0 Å². The summed E-state index contributed by atoms with van der Waals surface area (Å²) in [6, 6.07) is 0.